The monoisotopic (exact) mass is 342 g/mol. The highest BCUT2D eigenvalue weighted by Crippen LogP contribution is 2.27. The SMILES string of the molecule is O=Cc1ccc(-c2ccc(C(=O)O)cc2I)o1. The van der Waals surface area contributed by atoms with Gasteiger partial charge < -0.3 is 9.52 Å². The molecular weight excluding hydrogens is 335 g/mol. The Kier molecular flexibility index (Phi) is 3.28. The highest BCUT2D eigenvalue weighted by Gasteiger charge is 2.11. The van der Waals surface area contributed by atoms with Gasteiger partial charge in [-0.1, -0.05) is 0 Å². The van der Waals surface area contributed by atoms with Crippen LogP contribution in [0.3, 0.4) is 0 Å². The molecule has 0 unspecified atom stereocenters. The first-order valence-corrected chi connectivity index (χ1v) is 5.78. The van der Waals surface area contributed by atoms with Crippen LogP contribution in [-0.2, 0) is 0 Å². The van der Waals surface area contributed by atoms with Crippen molar-refractivity contribution in [1.82, 2.24) is 0 Å². The van der Waals surface area contributed by atoms with Gasteiger partial charge in [-0.2, -0.15) is 0 Å². The van der Waals surface area contributed by atoms with Crippen LogP contribution in [0.25, 0.3) is 11.3 Å². The molecule has 0 aliphatic heterocycles. The van der Waals surface area contributed by atoms with Crippen molar-refractivity contribution in [3.8, 4) is 11.3 Å². The van der Waals surface area contributed by atoms with E-state index in [0.717, 1.165) is 9.13 Å². The van der Waals surface area contributed by atoms with Gasteiger partial charge in [0.2, 0.25) is 0 Å². The van der Waals surface area contributed by atoms with E-state index >= 15 is 0 Å². The summed E-state index contributed by atoms with van der Waals surface area (Å²) in [6.45, 7) is 0. The van der Waals surface area contributed by atoms with Crippen LogP contribution < -0.4 is 0 Å². The van der Waals surface area contributed by atoms with Crippen LogP contribution in [-0.4, -0.2) is 17.4 Å². The average molecular weight is 342 g/mol. The Morgan fingerprint density at radius 3 is 2.59 bits per heavy atom. The van der Waals surface area contributed by atoms with Gasteiger partial charge in [0.25, 0.3) is 0 Å². The number of hydrogen-bond donors (Lipinski definition) is 1. The van der Waals surface area contributed by atoms with E-state index in [4.69, 9.17) is 9.52 Å². The van der Waals surface area contributed by atoms with Crippen molar-refractivity contribution < 1.29 is 19.1 Å². The molecule has 1 aromatic carbocycles. The molecule has 0 spiro atoms. The molecular formula is C12H7IO4. The number of aldehydes is 1. The van der Waals surface area contributed by atoms with Crippen molar-refractivity contribution in [2.24, 2.45) is 0 Å². The van der Waals surface area contributed by atoms with Crippen molar-refractivity contribution in [2.75, 3.05) is 0 Å². The number of hydrogen-bond acceptors (Lipinski definition) is 3. The number of carboxylic acid groups (broad SMARTS) is 1. The lowest BCUT2D eigenvalue weighted by molar-refractivity contribution is 0.0696. The number of furan rings is 1. The minimum Gasteiger partial charge on any atom is -0.478 e. The van der Waals surface area contributed by atoms with Crippen LogP contribution in [0.15, 0.2) is 34.7 Å². The minimum absolute atomic E-state index is 0.223. The van der Waals surface area contributed by atoms with E-state index in [0.29, 0.717) is 12.0 Å². The van der Waals surface area contributed by atoms with E-state index in [-0.39, 0.29) is 11.3 Å². The lowest BCUT2D eigenvalue weighted by Gasteiger charge is -2.02. The lowest BCUT2D eigenvalue weighted by Crippen LogP contribution is -1.96. The molecule has 0 amide bonds. The first-order chi connectivity index (χ1) is 8.11. The van der Waals surface area contributed by atoms with Crippen LogP contribution in [0.1, 0.15) is 20.9 Å². The zero-order valence-electron chi connectivity index (χ0n) is 8.51. The van der Waals surface area contributed by atoms with E-state index < -0.39 is 5.97 Å². The summed E-state index contributed by atoms with van der Waals surface area (Å²) in [5.41, 5.74) is 0.990. The van der Waals surface area contributed by atoms with Gasteiger partial charge in [0.05, 0.1) is 5.56 Å². The molecule has 0 fully saturated rings. The molecule has 2 rings (SSSR count). The summed E-state index contributed by atoms with van der Waals surface area (Å²) in [6.07, 6.45) is 0.627. The normalized spacial score (nSPS) is 10.2. The molecule has 1 aromatic heterocycles. The molecule has 86 valence electrons. The topological polar surface area (TPSA) is 67.5 Å². The van der Waals surface area contributed by atoms with E-state index in [2.05, 4.69) is 0 Å². The molecule has 0 aliphatic rings. The first kappa shape index (κ1) is 11.8. The summed E-state index contributed by atoms with van der Waals surface area (Å²) in [5.74, 6) is -0.172. The van der Waals surface area contributed by atoms with Gasteiger partial charge in [0.1, 0.15) is 5.76 Å². The number of carbonyl (C=O) groups is 2. The molecule has 1 N–H and O–H groups in total. The molecule has 1 heterocycles. The van der Waals surface area contributed by atoms with Crippen molar-refractivity contribution in [3.05, 3.63) is 45.2 Å². The van der Waals surface area contributed by atoms with Gasteiger partial charge in [-0.25, -0.2) is 4.79 Å². The Hall–Kier alpha value is -1.63. The van der Waals surface area contributed by atoms with Crippen LogP contribution in [0.2, 0.25) is 0 Å². The molecule has 0 radical (unpaired) electrons. The third-order valence-electron chi connectivity index (χ3n) is 2.22. The van der Waals surface area contributed by atoms with E-state index in [1.165, 1.54) is 6.07 Å². The standard InChI is InChI=1S/C12H7IO4/c13-10-5-7(12(15)16)1-3-9(10)11-4-2-8(6-14)17-11/h1-6H,(H,15,16). The predicted octanol–water partition coefficient (Wildman–Crippen LogP) is 3.06. The molecule has 0 saturated heterocycles. The van der Waals surface area contributed by atoms with Crippen molar-refractivity contribution in [2.45, 2.75) is 0 Å². The van der Waals surface area contributed by atoms with Gasteiger partial charge in [-0.15, -0.1) is 0 Å². The first-order valence-electron chi connectivity index (χ1n) is 4.70. The Morgan fingerprint density at radius 2 is 2.06 bits per heavy atom. The summed E-state index contributed by atoms with van der Waals surface area (Å²) in [7, 11) is 0. The number of halogens is 1. The fourth-order valence-electron chi connectivity index (χ4n) is 1.41. The third kappa shape index (κ3) is 2.38. The Morgan fingerprint density at radius 1 is 1.29 bits per heavy atom. The van der Waals surface area contributed by atoms with Crippen LogP contribution in [0.5, 0.6) is 0 Å². The maximum Gasteiger partial charge on any atom is 0.335 e. The smallest absolute Gasteiger partial charge is 0.335 e. The number of carbonyl (C=O) groups excluding carboxylic acids is 1. The second-order valence-corrected chi connectivity index (χ2v) is 4.48. The zero-order chi connectivity index (χ0) is 12.4. The van der Waals surface area contributed by atoms with Gasteiger partial charge in [-0.3, -0.25) is 4.79 Å². The van der Waals surface area contributed by atoms with Crippen LogP contribution in [0, 0.1) is 3.57 Å². The number of rotatable bonds is 3. The average Bonchev–Trinajstić information content (AvgIpc) is 2.77. The summed E-state index contributed by atoms with van der Waals surface area (Å²) in [4.78, 5) is 21.3. The van der Waals surface area contributed by atoms with Crippen LogP contribution in [0.4, 0.5) is 0 Å². The molecule has 17 heavy (non-hydrogen) atoms. The summed E-state index contributed by atoms with van der Waals surface area (Å²) in [5, 5.41) is 8.84. The molecule has 4 nitrogen and oxygen atoms in total. The largest absolute Gasteiger partial charge is 0.478 e. The van der Waals surface area contributed by atoms with E-state index in [9.17, 15) is 9.59 Å². The van der Waals surface area contributed by atoms with Gasteiger partial charge in [-0.05, 0) is 52.9 Å². The highest BCUT2D eigenvalue weighted by molar-refractivity contribution is 14.1. The molecule has 0 bridgehead atoms. The fraction of sp³-hybridized carbons (Fsp3) is 0. The summed E-state index contributed by atoms with van der Waals surface area (Å²) < 4.78 is 6.04. The Balaban J connectivity index is 2.46. The number of benzene rings is 1. The minimum atomic E-state index is -0.970. The van der Waals surface area contributed by atoms with Crippen molar-refractivity contribution in [3.63, 3.8) is 0 Å². The zero-order valence-corrected chi connectivity index (χ0v) is 10.7. The van der Waals surface area contributed by atoms with Crippen molar-refractivity contribution >= 4 is 34.8 Å². The molecule has 5 heteroatoms. The summed E-state index contributed by atoms with van der Waals surface area (Å²) in [6, 6.07) is 7.98. The maximum atomic E-state index is 10.8. The molecule has 0 saturated carbocycles. The number of aromatic carboxylic acids is 1. The predicted molar refractivity (Wildman–Crippen MR) is 69.2 cm³/mol. The second kappa shape index (κ2) is 4.70. The quantitative estimate of drug-likeness (QED) is 0.688. The lowest BCUT2D eigenvalue weighted by atomic mass is 10.1. The van der Waals surface area contributed by atoms with Crippen LogP contribution >= 0.6 is 22.6 Å². The van der Waals surface area contributed by atoms with Gasteiger partial charge in [0, 0.05) is 9.13 Å². The Bertz CT molecular complexity index is 586. The molecule has 2 aromatic rings. The number of carboxylic acids is 1. The summed E-state index contributed by atoms with van der Waals surface area (Å²) >= 11 is 2.03. The van der Waals surface area contributed by atoms with E-state index in [1.807, 2.05) is 22.6 Å². The van der Waals surface area contributed by atoms with Crippen molar-refractivity contribution in [1.29, 1.82) is 0 Å². The highest BCUT2D eigenvalue weighted by atomic mass is 127. The third-order valence-corrected chi connectivity index (χ3v) is 3.12. The van der Waals surface area contributed by atoms with Gasteiger partial charge in [0.15, 0.2) is 12.0 Å². The Labute approximate surface area is 110 Å². The second-order valence-electron chi connectivity index (χ2n) is 3.32. The molecule has 0 aliphatic carbocycles. The maximum absolute atomic E-state index is 10.8. The van der Waals surface area contributed by atoms with Gasteiger partial charge >= 0.3 is 5.97 Å². The molecule has 0 atom stereocenters. The fourth-order valence-corrected chi connectivity index (χ4v) is 2.19. The van der Waals surface area contributed by atoms with E-state index in [1.54, 1.807) is 24.3 Å².